The molecule has 0 unspecified atom stereocenters. The SMILES string of the molecule is Cc1cc(C(=O)O)[nH]c1-c1ccc(-c2cc(Cl)cc(Cl)c2)o1. The highest BCUT2D eigenvalue weighted by atomic mass is 35.5. The maximum absolute atomic E-state index is 11.0. The molecule has 0 bridgehead atoms. The van der Waals surface area contributed by atoms with Gasteiger partial charge in [0.25, 0.3) is 0 Å². The lowest BCUT2D eigenvalue weighted by atomic mass is 10.2. The summed E-state index contributed by atoms with van der Waals surface area (Å²) in [7, 11) is 0. The summed E-state index contributed by atoms with van der Waals surface area (Å²) in [5, 5.41) is 10.1. The number of nitrogens with one attached hydrogen (secondary N) is 1. The molecule has 0 spiro atoms. The number of hydrogen-bond acceptors (Lipinski definition) is 2. The zero-order valence-corrected chi connectivity index (χ0v) is 13.0. The van der Waals surface area contributed by atoms with Crippen molar-refractivity contribution < 1.29 is 14.3 Å². The Hall–Kier alpha value is -2.17. The molecular formula is C16H11Cl2NO3. The van der Waals surface area contributed by atoms with Gasteiger partial charge >= 0.3 is 5.97 Å². The van der Waals surface area contributed by atoms with Crippen LogP contribution >= 0.6 is 23.2 Å². The molecule has 0 saturated carbocycles. The number of carboxylic acids is 1. The van der Waals surface area contributed by atoms with Crippen LogP contribution in [-0.2, 0) is 0 Å². The number of carboxylic acid groups (broad SMARTS) is 1. The number of aromatic carboxylic acids is 1. The van der Waals surface area contributed by atoms with Gasteiger partial charge in [0.1, 0.15) is 11.5 Å². The molecular weight excluding hydrogens is 325 g/mol. The van der Waals surface area contributed by atoms with E-state index in [1.165, 1.54) is 0 Å². The number of hydrogen-bond donors (Lipinski definition) is 2. The molecule has 112 valence electrons. The summed E-state index contributed by atoms with van der Waals surface area (Å²) in [6.45, 7) is 1.82. The third-order valence-electron chi connectivity index (χ3n) is 3.24. The van der Waals surface area contributed by atoms with Crippen molar-refractivity contribution in [3.63, 3.8) is 0 Å². The molecule has 0 amide bonds. The summed E-state index contributed by atoms with van der Waals surface area (Å²) >= 11 is 12.0. The molecule has 0 radical (unpaired) electrons. The van der Waals surface area contributed by atoms with Gasteiger partial charge in [-0.2, -0.15) is 0 Å². The first-order valence-corrected chi connectivity index (χ1v) is 7.19. The Labute approximate surface area is 136 Å². The maximum Gasteiger partial charge on any atom is 0.352 e. The maximum atomic E-state index is 11.0. The summed E-state index contributed by atoms with van der Waals surface area (Å²) in [5.41, 5.74) is 2.31. The van der Waals surface area contributed by atoms with E-state index in [0.717, 1.165) is 11.1 Å². The molecule has 0 atom stereocenters. The van der Waals surface area contributed by atoms with Gasteiger partial charge in [0.2, 0.25) is 0 Å². The van der Waals surface area contributed by atoms with Crippen LogP contribution in [0.5, 0.6) is 0 Å². The van der Waals surface area contributed by atoms with E-state index in [2.05, 4.69) is 4.98 Å². The van der Waals surface area contributed by atoms with Gasteiger partial charge in [-0.15, -0.1) is 0 Å². The van der Waals surface area contributed by atoms with Crippen LogP contribution < -0.4 is 0 Å². The molecule has 0 aliphatic heterocycles. The molecule has 0 aliphatic carbocycles. The Balaban J connectivity index is 2.02. The van der Waals surface area contributed by atoms with Crippen molar-refractivity contribution in [3.05, 3.63) is 57.7 Å². The third kappa shape index (κ3) is 2.75. The summed E-state index contributed by atoms with van der Waals surface area (Å²) in [4.78, 5) is 13.8. The van der Waals surface area contributed by atoms with Crippen LogP contribution in [0.4, 0.5) is 0 Å². The largest absolute Gasteiger partial charge is 0.477 e. The van der Waals surface area contributed by atoms with Crippen LogP contribution in [0, 0.1) is 6.92 Å². The smallest absolute Gasteiger partial charge is 0.352 e. The molecule has 2 aromatic heterocycles. The Morgan fingerprint density at radius 1 is 1.09 bits per heavy atom. The van der Waals surface area contributed by atoms with Crippen LogP contribution in [-0.4, -0.2) is 16.1 Å². The fourth-order valence-corrected chi connectivity index (χ4v) is 2.78. The van der Waals surface area contributed by atoms with Gasteiger partial charge in [-0.25, -0.2) is 4.79 Å². The minimum absolute atomic E-state index is 0.122. The Kier molecular flexibility index (Phi) is 3.72. The van der Waals surface area contributed by atoms with Crippen molar-refractivity contribution >= 4 is 29.2 Å². The average Bonchev–Trinajstić information content (AvgIpc) is 3.03. The highest BCUT2D eigenvalue weighted by molar-refractivity contribution is 6.35. The standard InChI is InChI=1S/C16H11Cl2NO3/c1-8-4-12(16(20)21)19-15(8)14-3-2-13(22-14)9-5-10(17)7-11(18)6-9/h2-7,19H,1H3,(H,20,21). The highest BCUT2D eigenvalue weighted by Gasteiger charge is 2.15. The number of aromatic nitrogens is 1. The number of aromatic amines is 1. The number of furan rings is 1. The van der Waals surface area contributed by atoms with E-state index in [-0.39, 0.29) is 5.69 Å². The highest BCUT2D eigenvalue weighted by Crippen LogP contribution is 2.32. The molecule has 3 rings (SSSR count). The lowest BCUT2D eigenvalue weighted by Gasteiger charge is -2.00. The van der Waals surface area contributed by atoms with Crippen LogP contribution in [0.3, 0.4) is 0 Å². The number of aryl methyl sites for hydroxylation is 1. The van der Waals surface area contributed by atoms with Gasteiger partial charge in [-0.1, -0.05) is 23.2 Å². The lowest BCUT2D eigenvalue weighted by molar-refractivity contribution is 0.0691. The van der Waals surface area contributed by atoms with Crippen molar-refractivity contribution in [2.45, 2.75) is 6.92 Å². The number of H-pyrrole nitrogens is 1. The van der Waals surface area contributed by atoms with Crippen molar-refractivity contribution in [3.8, 4) is 22.8 Å². The van der Waals surface area contributed by atoms with E-state index < -0.39 is 5.97 Å². The number of halogens is 2. The van der Waals surface area contributed by atoms with Gasteiger partial charge in [-0.05, 0) is 48.9 Å². The van der Waals surface area contributed by atoms with Gasteiger partial charge in [0.15, 0.2) is 5.76 Å². The molecule has 3 aromatic rings. The predicted octanol–water partition coefficient (Wildman–Crippen LogP) is 5.26. The zero-order valence-electron chi connectivity index (χ0n) is 11.5. The lowest BCUT2D eigenvalue weighted by Crippen LogP contribution is -1.95. The first-order valence-electron chi connectivity index (χ1n) is 6.43. The Bertz CT molecular complexity index is 844. The van der Waals surface area contributed by atoms with Crippen LogP contribution in [0.15, 0.2) is 40.8 Å². The van der Waals surface area contributed by atoms with Gasteiger partial charge < -0.3 is 14.5 Å². The minimum Gasteiger partial charge on any atom is -0.477 e. The summed E-state index contributed by atoms with van der Waals surface area (Å²) < 4.78 is 5.80. The van der Waals surface area contributed by atoms with E-state index in [1.807, 2.05) is 6.92 Å². The summed E-state index contributed by atoms with van der Waals surface area (Å²) in [6, 6.07) is 10.3. The molecule has 4 nitrogen and oxygen atoms in total. The molecule has 6 heteroatoms. The predicted molar refractivity (Wildman–Crippen MR) is 85.6 cm³/mol. The molecule has 22 heavy (non-hydrogen) atoms. The molecule has 1 aromatic carbocycles. The van der Waals surface area contributed by atoms with E-state index in [4.69, 9.17) is 32.7 Å². The summed E-state index contributed by atoms with van der Waals surface area (Å²) in [5.74, 6) is 0.143. The first kappa shape index (κ1) is 14.8. The number of benzene rings is 1. The quantitative estimate of drug-likeness (QED) is 0.686. The molecule has 0 saturated heterocycles. The summed E-state index contributed by atoms with van der Waals surface area (Å²) in [6.07, 6.45) is 0. The Morgan fingerprint density at radius 3 is 2.32 bits per heavy atom. The molecule has 0 fully saturated rings. The average molecular weight is 336 g/mol. The third-order valence-corrected chi connectivity index (χ3v) is 3.68. The van der Waals surface area contributed by atoms with E-state index >= 15 is 0 Å². The van der Waals surface area contributed by atoms with Gasteiger partial charge in [0, 0.05) is 15.6 Å². The van der Waals surface area contributed by atoms with Crippen LogP contribution in [0.25, 0.3) is 22.8 Å². The monoisotopic (exact) mass is 335 g/mol. The fourth-order valence-electron chi connectivity index (χ4n) is 2.25. The molecule has 0 aliphatic rings. The zero-order chi connectivity index (χ0) is 15.9. The van der Waals surface area contributed by atoms with Crippen molar-refractivity contribution in [1.29, 1.82) is 0 Å². The van der Waals surface area contributed by atoms with Crippen LogP contribution in [0.2, 0.25) is 10.0 Å². The van der Waals surface area contributed by atoms with Gasteiger partial charge in [-0.3, -0.25) is 0 Å². The van der Waals surface area contributed by atoms with E-state index in [9.17, 15) is 4.79 Å². The topological polar surface area (TPSA) is 66.2 Å². The minimum atomic E-state index is -1.01. The van der Waals surface area contributed by atoms with Crippen LogP contribution in [0.1, 0.15) is 16.1 Å². The van der Waals surface area contributed by atoms with E-state index in [0.29, 0.717) is 27.3 Å². The second-order valence-electron chi connectivity index (χ2n) is 4.87. The second-order valence-corrected chi connectivity index (χ2v) is 5.74. The fraction of sp³-hybridized carbons (Fsp3) is 0.0625. The Morgan fingerprint density at radius 2 is 1.73 bits per heavy atom. The van der Waals surface area contributed by atoms with E-state index in [1.54, 1.807) is 36.4 Å². The molecule has 2 heterocycles. The second kappa shape index (κ2) is 5.55. The number of rotatable bonds is 3. The first-order chi connectivity index (χ1) is 10.4. The van der Waals surface area contributed by atoms with Crippen molar-refractivity contribution in [1.82, 2.24) is 4.98 Å². The van der Waals surface area contributed by atoms with Crippen molar-refractivity contribution in [2.75, 3.05) is 0 Å². The van der Waals surface area contributed by atoms with Crippen molar-refractivity contribution in [2.24, 2.45) is 0 Å². The van der Waals surface area contributed by atoms with Gasteiger partial charge in [0.05, 0.1) is 5.69 Å². The number of carbonyl (C=O) groups is 1. The normalized spacial score (nSPS) is 10.9. The molecule has 2 N–H and O–H groups in total.